The Hall–Kier alpha value is -2.28. The van der Waals surface area contributed by atoms with Crippen LogP contribution in [0.1, 0.15) is 32.7 Å². The molecule has 1 aliphatic rings. The first kappa shape index (κ1) is 16.2. The molecule has 0 spiro atoms. The third-order valence-electron chi connectivity index (χ3n) is 4.73. The Balaban J connectivity index is 1.69. The highest BCUT2D eigenvalue weighted by molar-refractivity contribution is 6.30. The second-order valence-corrected chi connectivity index (χ2v) is 7.13. The first-order valence-electron chi connectivity index (χ1n) is 8.49. The lowest BCUT2D eigenvalue weighted by molar-refractivity contribution is -0.135. The van der Waals surface area contributed by atoms with Crippen molar-refractivity contribution in [2.75, 3.05) is 13.1 Å². The summed E-state index contributed by atoms with van der Waals surface area (Å²) in [4.78, 5) is 22.9. The van der Waals surface area contributed by atoms with E-state index in [2.05, 4.69) is 20.3 Å². The van der Waals surface area contributed by atoms with Crippen molar-refractivity contribution >= 4 is 39.6 Å². The van der Waals surface area contributed by atoms with Crippen molar-refractivity contribution in [3.8, 4) is 0 Å². The van der Waals surface area contributed by atoms with Gasteiger partial charge in [-0.3, -0.25) is 9.78 Å². The summed E-state index contributed by atoms with van der Waals surface area (Å²) < 4.78 is 1.93. The predicted octanol–water partition coefficient (Wildman–Crippen LogP) is 2.85. The second kappa shape index (κ2) is 6.22. The number of nitrogens with zero attached hydrogens (tertiary/aromatic N) is 6. The molecular weight excluding hydrogens is 340 g/mol. The molecule has 7 nitrogen and oxygen atoms in total. The number of carbonyl (C=O) groups is 1. The van der Waals surface area contributed by atoms with Gasteiger partial charge in [0, 0.05) is 19.0 Å². The third kappa shape index (κ3) is 2.82. The van der Waals surface area contributed by atoms with Gasteiger partial charge in [0.25, 0.3) is 0 Å². The first-order valence-corrected chi connectivity index (χ1v) is 8.87. The molecule has 4 rings (SSSR count). The van der Waals surface area contributed by atoms with Crippen LogP contribution in [0, 0.1) is 5.92 Å². The van der Waals surface area contributed by atoms with Gasteiger partial charge in [0.1, 0.15) is 21.7 Å². The van der Waals surface area contributed by atoms with Gasteiger partial charge >= 0.3 is 0 Å². The van der Waals surface area contributed by atoms with E-state index in [9.17, 15) is 4.79 Å². The van der Waals surface area contributed by atoms with Crippen LogP contribution < -0.4 is 0 Å². The summed E-state index contributed by atoms with van der Waals surface area (Å²) in [7, 11) is 0. The van der Waals surface area contributed by atoms with E-state index in [1.165, 1.54) is 0 Å². The largest absolute Gasteiger partial charge is 0.342 e. The van der Waals surface area contributed by atoms with Crippen molar-refractivity contribution in [3.63, 3.8) is 0 Å². The summed E-state index contributed by atoms with van der Waals surface area (Å²) in [6.07, 6.45) is 3.41. The lowest BCUT2D eigenvalue weighted by Crippen LogP contribution is -2.41. The van der Waals surface area contributed by atoms with E-state index in [1.54, 1.807) is 12.3 Å². The van der Waals surface area contributed by atoms with Crippen LogP contribution in [0.4, 0.5) is 0 Å². The van der Waals surface area contributed by atoms with Gasteiger partial charge in [0.15, 0.2) is 0 Å². The summed E-state index contributed by atoms with van der Waals surface area (Å²) in [6.45, 7) is 5.35. The standard InChI is InChI=1S/C17H19ClN6O/c1-10(2)17(25)23-7-5-11(6-8-23)24-16-13(21-22-24)9-19-12-3-4-14(18)20-15(12)16/h3-4,9-11H,5-8H2,1-2H3. The van der Waals surface area contributed by atoms with E-state index >= 15 is 0 Å². The van der Waals surface area contributed by atoms with Gasteiger partial charge in [-0.1, -0.05) is 30.7 Å². The molecule has 130 valence electrons. The highest BCUT2D eigenvalue weighted by Gasteiger charge is 2.27. The molecule has 0 saturated carbocycles. The van der Waals surface area contributed by atoms with E-state index < -0.39 is 0 Å². The molecule has 25 heavy (non-hydrogen) atoms. The quantitative estimate of drug-likeness (QED) is 0.658. The van der Waals surface area contributed by atoms with Gasteiger partial charge in [0.05, 0.1) is 17.8 Å². The van der Waals surface area contributed by atoms with Crippen LogP contribution in [-0.4, -0.2) is 48.9 Å². The smallest absolute Gasteiger partial charge is 0.225 e. The molecule has 0 aliphatic carbocycles. The summed E-state index contributed by atoms with van der Waals surface area (Å²) >= 11 is 6.07. The zero-order chi connectivity index (χ0) is 17.6. The highest BCUT2D eigenvalue weighted by atomic mass is 35.5. The molecule has 0 bridgehead atoms. The highest BCUT2D eigenvalue weighted by Crippen LogP contribution is 2.29. The maximum Gasteiger partial charge on any atom is 0.225 e. The fraction of sp³-hybridized carbons (Fsp3) is 0.471. The number of carbonyl (C=O) groups excluding carboxylic acids is 1. The monoisotopic (exact) mass is 358 g/mol. The molecule has 0 aromatic carbocycles. The van der Waals surface area contributed by atoms with Crippen LogP contribution in [0.25, 0.3) is 22.1 Å². The number of likely N-dealkylation sites (tertiary alicyclic amines) is 1. The number of aromatic nitrogens is 5. The SMILES string of the molecule is CC(C)C(=O)N1CCC(n2nnc3cnc4ccc(Cl)nc4c32)CC1. The van der Waals surface area contributed by atoms with Gasteiger partial charge in [0.2, 0.25) is 5.91 Å². The molecule has 1 amide bonds. The number of pyridine rings is 2. The zero-order valence-electron chi connectivity index (χ0n) is 14.2. The number of hydrogen-bond donors (Lipinski definition) is 0. The second-order valence-electron chi connectivity index (χ2n) is 6.74. The van der Waals surface area contributed by atoms with Crippen molar-refractivity contribution < 1.29 is 4.79 Å². The van der Waals surface area contributed by atoms with E-state index in [0.29, 0.717) is 10.7 Å². The molecule has 4 heterocycles. The van der Waals surface area contributed by atoms with Crippen LogP contribution in [-0.2, 0) is 4.79 Å². The van der Waals surface area contributed by atoms with E-state index in [0.717, 1.165) is 42.5 Å². The van der Waals surface area contributed by atoms with E-state index in [-0.39, 0.29) is 17.9 Å². The maximum atomic E-state index is 12.2. The summed E-state index contributed by atoms with van der Waals surface area (Å²) in [6, 6.07) is 3.77. The van der Waals surface area contributed by atoms with Gasteiger partial charge in [-0.2, -0.15) is 0 Å². The number of halogens is 1. The van der Waals surface area contributed by atoms with Crippen LogP contribution >= 0.6 is 11.6 Å². The minimum absolute atomic E-state index is 0.0325. The molecule has 1 aliphatic heterocycles. The number of rotatable bonds is 2. The van der Waals surface area contributed by atoms with Crippen LogP contribution in [0.5, 0.6) is 0 Å². The molecule has 0 N–H and O–H groups in total. The van der Waals surface area contributed by atoms with Crippen molar-refractivity contribution in [1.82, 2.24) is 29.9 Å². The summed E-state index contributed by atoms with van der Waals surface area (Å²) in [5, 5.41) is 9.01. The molecular formula is C17H19ClN6O. The third-order valence-corrected chi connectivity index (χ3v) is 4.94. The van der Waals surface area contributed by atoms with Gasteiger partial charge < -0.3 is 4.90 Å². The zero-order valence-corrected chi connectivity index (χ0v) is 14.9. The Kier molecular flexibility index (Phi) is 4.03. The van der Waals surface area contributed by atoms with Gasteiger partial charge in [-0.25, -0.2) is 9.67 Å². The fourth-order valence-electron chi connectivity index (χ4n) is 3.41. The van der Waals surface area contributed by atoms with Crippen LogP contribution in [0.3, 0.4) is 0 Å². The lowest BCUT2D eigenvalue weighted by Gasteiger charge is -2.33. The first-order chi connectivity index (χ1) is 12.0. The molecule has 8 heteroatoms. The van der Waals surface area contributed by atoms with E-state index in [1.807, 2.05) is 29.5 Å². The Bertz CT molecular complexity index is 945. The molecule has 3 aromatic heterocycles. The average molecular weight is 359 g/mol. The van der Waals surface area contributed by atoms with Crippen molar-refractivity contribution in [3.05, 3.63) is 23.5 Å². The average Bonchev–Trinajstić information content (AvgIpc) is 3.05. The molecule has 3 aromatic rings. The maximum absolute atomic E-state index is 12.2. The van der Waals surface area contributed by atoms with Gasteiger partial charge in [-0.05, 0) is 25.0 Å². The molecule has 1 saturated heterocycles. The van der Waals surface area contributed by atoms with Crippen LogP contribution in [0.2, 0.25) is 5.15 Å². The summed E-state index contributed by atoms with van der Waals surface area (Å²) in [5.41, 5.74) is 3.06. The number of fused-ring (bicyclic) bond motifs is 3. The molecule has 0 atom stereocenters. The van der Waals surface area contributed by atoms with Crippen molar-refractivity contribution in [1.29, 1.82) is 0 Å². The molecule has 0 radical (unpaired) electrons. The molecule has 0 unspecified atom stereocenters. The van der Waals surface area contributed by atoms with Crippen molar-refractivity contribution in [2.45, 2.75) is 32.7 Å². The van der Waals surface area contributed by atoms with Gasteiger partial charge in [-0.15, -0.1) is 5.10 Å². The van der Waals surface area contributed by atoms with Crippen LogP contribution in [0.15, 0.2) is 18.3 Å². The Labute approximate surface area is 150 Å². The minimum Gasteiger partial charge on any atom is -0.342 e. The lowest BCUT2D eigenvalue weighted by atomic mass is 10.0. The topological polar surface area (TPSA) is 76.8 Å². The Morgan fingerprint density at radius 3 is 2.72 bits per heavy atom. The number of amides is 1. The number of piperidine rings is 1. The van der Waals surface area contributed by atoms with Crippen molar-refractivity contribution in [2.24, 2.45) is 5.92 Å². The number of hydrogen-bond acceptors (Lipinski definition) is 5. The minimum atomic E-state index is 0.0325. The fourth-order valence-corrected chi connectivity index (χ4v) is 3.56. The Morgan fingerprint density at radius 1 is 1.24 bits per heavy atom. The van der Waals surface area contributed by atoms with E-state index in [4.69, 9.17) is 11.6 Å². The summed E-state index contributed by atoms with van der Waals surface area (Å²) in [5.74, 6) is 0.245. The Morgan fingerprint density at radius 2 is 2.00 bits per heavy atom. The predicted molar refractivity (Wildman–Crippen MR) is 95.3 cm³/mol. The molecule has 1 fully saturated rings. The normalized spacial score (nSPS) is 16.2.